The van der Waals surface area contributed by atoms with Crippen LogP contribution in [-0.4, -0.2) is 78.8 Å². The molecular formula is C25H37Cl2N3O3. The van der Waals surface area contributed by atoms with Crippen molar-refractivity contribution in [3.63, 3.8) is 0 Å². The highest BCUT2D eigenvalue weighted by molar-refractivity contribution is 6.27. The Kier molecular flexibility index (Phi) is 18.6. The van der Waals surface area contributed by atoms with Gasteiger partial charge in [0.25, 0.3) is 5.91 Å². The molecule has 0 bridgehead atoms. The fraction of sp³-hybridized carbons (Fsp3) is 0.600. The molecule has 184 valence electrons. The van der Waals surface area contributed by atoms with E-state index in [9.17, 15) is 4.79 Å². The highest BCUT2D eigenvalue weighted by Crippen LogP contribution is 2.28. The molecule has 1 atom stereocenters. The molecule has 2 rings (SSSR count). The number of carbonyl (C=O) groups excluding carboxylic acids is 1. The minimum absolute atomic E-state index is 0.130. The number of nitrogens with zero attached hydrogens (tertiary/aromatic N) is 3. The Bertz CT molecular complexity index is 711. The number of halogens is 2. The lowest BCUT2D eigenvalue weighted by atomic mass is 9.95. The van der Waals surface area contributed by atoms with Crippen molar-refractivity contribution < 1.29 is 14.3 Å². The van der Waals surface area contributed by atoms with Gasteiger partial charge in [-0.1, -0.05) is 12.2 Å². The van der Waals surface area contributed by atoms with Crippen LogP contribution < -0.4 is 0 Å². The zero-order valence-corrected chi connectivity index (χ0v) is 21.6. The summed E-state index contributed by atoms with van der Waals surface area (Å²) in [6.07, 6.45) is 18.1. The molecule has 0 aliphatic carbocycles. The van der Waals surface area contributed by atoms with Crippen LogP contribution in [-0.2, 0) is 14.3 Å². The van der Waals surface area contributed by atoms with Crippen molar-refractivity contribution >= 4 is 35.3 Å². The Morgan fingerprint density at radius 3 is 2.48 bits per heavy atom. The largest absolute Gasteiger partial charge is 0.376 e. The third-order valence-electron chi connectivity index (χ3n) is 5.05. The van der Waals surface area contributed by atoms with Crippen LogP contribution in [0.1, 0.15) is 40.0 Å². The van der Waals surface area contributed by atoms with E-state index in [2.05, 4.69) is 34.7 Å². The second-order valence-corrected chi connectivity index (χ2v) is 7.72. The fourth-order valence-corrected chi connectivity index (χ4v) is 3.53. The molecule has 0 saturated carbocycles. The van der Waals surface area contributed by atoms with Crippen molar-refractivity contribution in [1.29, 1.82) is 0 Å². The minimum atomic E-state index is -0.275. The number of hydrogen-bond acceptors (Lipinski definition) is 5. The van der Waals surface area contributed by atoms with Crippen molar-refractivity contribution in [2.45, 2.75) is 45.6 Å². The summed E-state index contributed by atoms with van der Waals surface area (Å²) in [5.41, 5.74) is 0.523. The summed E-state index contributed by atoms with van der Waals surface area (Å²) in [5.74, 6) is 5.32. The van der Waals surface area contributed by atoms with Gasteiger partial charge in [0.1, 0.15) is 5.88 Å². The summed E-state index contributed by atoms with van der Waals surface area (Å²) in [6, 6.07) is 0. The number of ether oxygens (including phenoxy) is 2. The molecule has 1 amide bonds. The number of terminal acetylenes is 1. The van der Waals surface area contributed by atoms with Gasteiger partial charge in [0.05, 0.1) is 31.1 Å². The van der Waals surface area contributed by atoms with E-state index in [4.69, 9.17) is 32.7 Å². The highest BCUT2D eigenvalue weighted by atomic mass is 35.5. The number of carbonyl (C=O) groups is 1. The Labute approximate surface area is 209 Å². The van der Waals surface area contributed by atoms with Gasteiger partial charge >= 0.3 is 0 Å². The minimum Gasteiger partial charge on any atom is -0.376 e. The van der Waals surface area contributed by atoms with E-state index >= 15 is 0 Å². The molecular weight excluding hydrogens is 461 g/mol. The van der Waals surface area contributed by atoms with E-state index in [1.165, 1.54) is 5.01 Å². The molecule has 0 aromatic carbocycles. The number of alkyl halides is 2. The second kappa shape index (κ2) is 19.6. The highest BCUT2D eigenvalue weighted by Gasteiger charge is 2.35. The first kappa shape index (κ1) is 31.2. The van der Waals surface area contributed by atoms with Gasteiger partial charge in [0.15, 0.2) is 0 Å². The molecule has 0 radical (unpaired) electrons. The summed E-state index contributed by atoms with van der Waals surface area (Å²) in [5, 5.41) is 5.69. The molecule has 2 aliphatic heterocycles. The number of rotatable bonds is 7. The zero-order valence-electron chi connectivity index (χ0n) is 20.1. The molecule has 2 saturated heterocycles. The van der Waals surface area contributed by atoms with Crippen LogP contribution in [0.25, 0.3) is 0 Å². The van der Waals surface area contributed by atoms with E-state index in [0.717, 1.165) is 32.4 Å². The first-order valence-corrected chi connectivity index (χ1v) is 12.0. The molecule has 1 spiro atoms. The maximum absolute atomic E-state index is 12.1. The van der Waals surface area contributed by atoms with E-state index in [0.29, 0.717) is 37.9 Å². The molecule has 0 aromatic heterocycles. The third-order valence-corrected chi connectivity index (χ3v) is 5.45. The second-order valence-electron chi connectivity index (χ2n) is 7.15. The number of likely N-dealkylation sites (tertiary alicyclic amines) is 1. The van der Waals surface area contributed by atoms with Crippen LogP contribution in [0.3, 0.4) is 0 Å². The topological polar surface area (TPSA) is 54.4 Å². The average molecular weight is 498 g/mol. The average Bonchev–Trinajstić information content (AvgIpc) is 3.06. The van der Waals surface area contributed by atoms with Crippen molar-refractivity contribution in [2.24, 2.45) is 5.10 Å². The summed E-state index contributed by atoms with van der Waals surface area (Å²) in [7, 11) is 0. The van der Waals surface area contributed by atoms with Crippen molar-refractivity contribution in [3.05, 3.63) is 23.9 Å². The lowest BCUT2D eigenvalue weighted by Gasteiger charge is -2.36. The van der Waals surface area contributed by atoms with Crippen LogP contribution in [0.5, 0.6) is 0 Å². The summed E-state index contributed by atoms with van der Waals surface area (Å²) in [4.78, 5) is 14.5. The first-order valence-electron chi connectivity index (χ1n) is 11.0. The monoisotopic (exact) mass is 497 g/mol. The number of amides is 1. The van der Waals surface area contributed by atoms with Gasteiger partial charge in [-0.15, -0.1) is 47.9 Å². The van der Waals surface area contributed by atoms with Crippen LogP contribution >= 0.6 is 23.2 Å². The van der Waals surface area contributed by atoms with E-state index in [1.54, 1.807) is 24.4 Å². The zero-order chi connectivity index (χ0) is 25.0. The predicted molar refractivity (Wildman–Crippen MR) is 138 cm³/mol. The molecule has 6 nitrogen and oxygen atoms in total. The third kappa shape index (κ3) is 12.3. The lowest BCUT2D eigenvalue weighted by molar-refractivity contribution is -0.162. The molecule has 0 N–H and O–H groups in total. The quantitative estimate of drug-likeness (QED) is 0.173. The van der Waals surface area contributed by atoms with Gasteiger partial charge in [-0.2, -0.15) is 5.10 Å². The molecule has 2 heterocycles. The maximum Gasteiger partial charge on any atom is 0.262 e. The Morgan fingerprint density at radius 1 is 1.21 bits per heavy atom. The summed E-state index contributed by atoms with van der Waals surface area (Å²) < 4.78 is 11.7. The standard InChI is InChI=1S/C19H29Cl2N3O3.C4H6.C2H2/c1-2-17(5-3-8-20)24(18(25)15-21)22-9-12-23-10-4-6-19(7-11-23)16-26-13-14-27-19;1-3-4-2;1-2/h2-3,5,9H,4,6-8,10-16H2,1H3;1-2H3;1-2H/b5-3-,17-2+,22-9-;;. The fourth-order valence-electron chi connectivity index (χ4n) is 3.33. The Balaban J connectivity index is 0.00000154. The maximum atomic E-state index is 12.1. The van der Waals surface area contributed by atoms with Crippen molar-refractivity contribution in [3.8, 4) is 24.7 Å². The van der Waals surface area contributed by atoms with Gasteiger partial charge in [-0.05, 0) is 52.7 Å². The first-order chi connectivity index (χ1) is 16.1. The molecule has 8 heteroatoms. The molecule has 2 aliphatic rings. The van der Waals surface area contributed by atoms with E-state index in [-0.39, 0.29) is 17.4 Å². The SMILES string of the molecule is C#C.C/C=C(\C=C/CCl)N(/N=C\CN1CCCC2(CC1)COCCO2)C(=O)CCl.CC#CC. The summed E-state index contributed by atoms with van der Waals surface area (Å²) in [6.45, 7) is 10.1. The van der Waals surface area contributed by atoms with Crippen LogP contribution in [0.4, 0.5) is 0 Å². The normalized spacial score (nSPS) is 21.2. The van der Waals surface area contributed by atoms with Gasteiger partial charge in [-0.3, -0.25) is 9.69 Å². The van der Waals surface area contributed by atoms with Crippen molar-refractivity contribution in [1.82, 2.24) is 9.91 Å². The Morgan fingerprint density at radius 2 is 1.94 bits per heavy atom. The predicted octanol–water partition coefficient (Wildman–Crippen LogP) is 4.29. The van der Waals surface area contributed by atoms with E-state index in [1.807, 2.05) is 20.8 Å². The van der Waals surface area contributed by atoms with Gasteiger partial charge in [0, 0.05) is 25.2 Å². The molecule has 1 unspecified atom stereocenters. The molecule has 2 fully saturated rings. The lowest BCUT2D eigenvalue weighted by Crippen LogP contribution is -2.44. The van der Waals surface area contributed by atoms with Gasteiger partial charge < -0.3 is 9.47 Å². The molecule has 0 aromatic rings. The Hall–Kier alpha value is -1.80. The number of hydrogen-bond donors (Lipinski definition) is 0. The number of allylic oxidation sites excluding steroid dienone is 3. The summed E-state index contributed by atoms with van der Waals surface area (Å²) >= 11 is 11.4. The van der Waals surface area contributed by atoms with Crippen LogP contribution in [0, 0.1) is 24.7 Å². The van der Waals surface area contributed by atoms with Crippen LogP contribution in [0.2, 0.25) is 0 Å². The molecule has 33 heavy (non-hydrogen) atoms. The van der Waals surface area contributed by atoms with Gasteiger partial charge in [0.2, 0.25) is 0 Å². The van der Waals surface area contributed by atoms with Crippen molar-refractivity contribution in [2.75, 3.05) is 51.2 Å². The number of hydrazone groups is 1. The van der Waals surface area contributed by atoms with Gasteiger partial charge in [-0.25, -0.2) is 5.01 Å². The smallest absolute Gasteiger partial charge is 0.262 e. The van der Waals surface area contributed by atoms with E-state index < -0.39 is 0 Å². The van der Waals surface area contributed by atoms with Crippen LogP contribution in [0.15, 0.2) is 29.0 Å².